The second kappa shape index (κ2) is 10.8. The minimum atomic E-state index is -0.387. The minimum absolute atomic E-state index is 0.0186. The van der Waals surface area contributed by atoms with Crippen LogP contribution in [0.25, 0.3) is 0 Å². The summed E-state index contributed by atoms with van der Waals surface area (Å²) in [4.78, 5) is 12.5. The monoisotopic (exact) mass is 444 g/mol. The smallest absolute Gasteiger partial charge is 0.258 e. The highest BCUT2D eigenvalue weighted by Gasteiger charge is 2.30. The van der Waals surface area contributed by atoms with E-state index in [9.17, 15) is 4.79 Å². The number of aryl methyl sites for hydroxylation is 1. The summed E-state index contributed by atoms with van der Waals surface area (Å²) in [5.41, 5.74) is 13.1. The second-order valence-electron chi connectivity index (χ2n) is 7.95. The maximum atomic E-state index is 12.5. The van der Waals surface area contributed by atoms with Gasteiger partial charge in [0.25, 0.3) is 5.91 Å². The number of amides is 1. The molecule has 7 heteroatoms. The summed E-state index contributed by atoms with van der Waals surface area (Å²) in [7, 11) is 1.60. The largest absolute Gasteiger partial charge is 0.496 e. The number of nitrogens with one attached hydrogen (secondary N) is 3. The summed E-state index contributed by atoms with van der Waals surface area (Å²) >= 11 is 0. The van der Waals surface area contributed by atoms with Crippen LogP contribution in [0.15, 0.2) is 77.9 Å². The average molecular weight is 445 g/mol. The summed E-state index contributed by atoms with van der Waals surface area (Å²) in [6.07, 6.45) is 2.19. The fraction of sp³-hybridized carbons (Fsp3) is 0.231. The molecule has 1 aliphatic rings. The number of nitrogens with zero attached hydrogens (tertiary/aromatic N) is 1. The Hall–Kier alpha value is -3.68. The van der Waals surface area contributed by atoms with Gasteiger partial charge in [0.15, 0.2) is 0 Å². The first-order valence-electron chi connectivity index (χ1n) is 10.9. The Morgan fingerprint density at radius 1 is 1.06 bits per heavy atom. The van der Waals surface area contributed by atoms with Gasteiger partial charge in [0.1, 0.15) is 24.1 Å². The van der Waals surface area contributed by atoms with Crippen molar-refractivity contribution in [1.82, 2.24) is 16.3 Å². The Morgan fingerprint density at radius 3 is 2.58 bits per heavy atom. The van der Waals surface area contributed by atoms with Crippen molar-refractivity contribution in [2.45, 2.75) is 32.0 Å². The molecule has 2 atom stereocenters. The van der Waals surface area contributed by atoms with Crippen LogP contribution < -0.4 is 25.8 Å². The molecule has 0 radical (unpaired) electrons. The van der Waals surface area contributed by atoms with Gasteiger partial charge >= 0.3 is 0 Å². The standard InChI is InChI=1S/C26H28N4O3/c1-18-7-9-19(10-8-18)17-33-22-13-11-20(12-14-22)23-15-24(29-28-23)26(31)30-27-16-21-5-3-4-6-25(21)32-2/h3-14,16,23-24,28-29H,15,17H2,1-2H3,(H,30,31)/b27-16+. The molecule has 1 amide bonds. The average Bonchev–Trinajstić information content (AvgIpc) is 3.35. The zero-order chi connectivity index (χ0) is 23.0. The molecular formula is C26H28N4O3. The van der Waals surface area contributed by atoms with Gasteiger partial charge in [0, 0.05) is 11.6 Å². The number of methoxy groups -OCH3 is 1. The summed E-state index contributed by atoms with van der Waals surface area (Å²) in [5, 5.41) is 4.07. The van der Waals surface area contributed by atoms with Crippen LogP contribution in [0.5, 0.6) is 11.5 Å². The molecular weight excluding hydrogens is 416 g/mol. The van der Waals surface area contributed by atoms with Crippen molar-refractivity contribution >= 4 is 12.1 Å². The van der Waals surface area contributed by atoms with Crippen LogP contribution in [0, 0.1) is 6.92 Å². The summed E-state index contributed by atoms with van der Waals surface area (Å²) < 4.78 is 11.2. The lowest BCUT2D eigenvalue weighted by atomic mass is 10.0. The van der Waals surface area contributed by atoms with Gasteiger partial charge in [-0.1, -0.05) is 54.1 Å². The van der Waals surface area contributed by atoms with E-state index in [1.54, 1.807) is 13.3 Å². The van der Waals surface area contributed by atoms with Crippen molar-refractivity contribution < 1.29 is 14.3 Å². The molecule has 1 saturated heterocycles. The Bertz CT molecular complexity index is 1100. The lowest BCUT2D eigenvalue weighted by Gasteiger charge is -2.11. The van der Waals surface area contributed by atoms with E-state index in [2.05, 4.69) is 52.6 Å². The molecule has 0 aliphatic carbocycles. The number of rotatable bonds is 8. The number of para-hydroxylation sites is 1. The van der Waals surface area contributed by atoms with E-state index in [0.717, 1.165) is 22.4 Å². The van der Waals surface area contributed by atoms with Gasteiger partial charge in [-0.25, -0.2) is 16.3 Å². The van der Waals surface area contributed by atoms with Crippen molar-refractivity contribution in [2.24, 2.45) is 5.10 Å². The molecule has 1 aliphatic heterocycles. The summed E-state index contributed by atoms with van der Waals surface area (Å²) in [6.45, 7) is 2.60. The van der Waals surface area contributed by atoms with E-state index < -0.39 is 0 Å². The van der Waals surface area contributed by atoms with Crippen molar-refractivity contribution in [3.8, 4) is 11.5 Å². The zero-order valence-electron chi connectivity index (χ0n) is 18.7. The molecule has 0 bridgehead atoms. The highest BCUT2D eigenvalue weighted by molar-refractivity contribution is 5.86. The quantitative estimate of drug-likeness (QED) is 0.365. The molecule has 3 aromatic rings. The fourth-order valence-electron chi connectivity index (χ4n) is 3.61. The van der Waals surface area contributed by atoms with Crippen LogP contribution in [0.2, 0.25) is 0 Å². The Kier molecular flexibility index (Phi) is 7.34. The Balaban J connectivity index is 1.27. The molecule has 3 aromatic carbocycles. The maximum Gasteiger partial charge on any atom is 0.258 e. The maximum absolute atomic E-state index is 12.5. The van der Waals surface area contributed by atoms with E-state index >= 15 is 0 Å². The third kappa shape index (κ3) is 5.97. The molecule has 4 rings (SSSR count). The molecule has 1 heterocycles. The van der Waals surface area contributed by atoms with E-state index in [1.807, 2.05) is 48.5 Å². The van der Waals surface area contributed by atoms with E-state index in [-0.39, 0.29) is 18.0 Å². The van der Waals surface area contributed by atoms with Crippen molar-refractivity contribution in [3.05, 3.63) is 95.1 Å². The van der Waals surface area contributed by atoms with Crippen LogP contribution in [0.3, 0.4) is 0 Å². The normalized spacial score (nSPS) is 17.8. The molecule has 170 valence electrons. The Labute approximate surface area is 193 Å². The lowest BCUT2D eigenvalue weighted by molar-refractivity contribution is -0.122. The number of hydrazine groups is 1. The number of benzene rings is 3. The van der Waals surface area contributed by atoms with Crippen LogP contribution in [0.4, 0.5) is 0 Å². The lowest BCUT2D eigenvalue weighted by Crippen LogP contribution is -2.41. The van der Waals surface area contributed by atoms with Crippen molar-refractivity contribution in [2.75, 3.05) is 7.11 Å². The van der Waals surface area contributed by atoms with Crippen molar-refractivity contribution in [3.63, 3.8) is 0 Å². The second-order valence-corrected chi connectivity index (χ2v) is 7.95. The third-order valence-electron chi connectivity index (χ3n) is 5.55. The highest BCUT2D eigenvalue weighted by atomic mass is 16.5. The topological polar surface area (TPSA) is 84.0 Å². The fourth-order valence-corrected chi connectivity index (χ4v) is 3.61. The SMILES string of the molecule is COc1ccccc1/C=N/NC(=O)C1CC(c2ccc(OCc3ccc(C)cc3)cc2)NN1. The van der Waals surface area contributed by atoms with E-state index in [1.165, 1.54) is 5.56 Å². The van der Waals surface area contributed by atoms with Crippen LogP contribution in [-0.2, 0) is 11.4 Å². The van der Waals surface area contributed by atoms with E-state index in [4.69, 9.17) is 9.47 Å². The number of hydrogen-bond acceptors (Lipinski definition) is 6. The van der Waals surface area contributed by atoms with Crippen LogP contribution in [0.1, 0.15) is 34.7 Å². The highest BCUT2D eigenvalue weighted by Crippen LogP contribution is 2.25. The first-order chi connectivity index (χ1) is 16.1. The van der Waals surface area contributed by atoms with Gasteiger partial charge in [-0.2, -0.15) is 5.10 Å². The molecule has 0 aromatic heterocycles. The first kappa shape index (κ1) is 22.5. The molecule has 2 unspecified atom stereocenters. The third-order valence-corrected chi connectivity index (χ3v) is 5.55. The van der Waals surface area contributed by atoms with Crippen molar-refractivity contribution in [1.29, 1.82) is 0 Å². The molecule has 33 heavy (non-hydrogen) atoms. The van der Waals surface area contributed by atoms with Gasteiger partial charge in [0.2, 0.25) is 0 Å². The van der Waals surface area contributed by atoms with Gasteiger partial charge in [-0.05, 0) is 48.7 Å². The molecule has 1 fully saturated rings. The molecule has 3 N–H and O–H groups in total. The predicted molar refractivity (Wildman–Crippen MR) is 128 cm³/mol. The first-order valence-corrected chi connectivity index (χ1v) is 10.9. The minimum Gasteiger partial charge on any atom is -0.496 e. The summed E-state index contributed by atoms with van der Waals surface area (Å²) in [5.74, 6) is 1.31. The zero-order valence-corrected chi connectivity index (χ0v) is 18.7. The number of carbonyl (C=O) groups is 1. The van der Waals surface area contributed by atoms with E-state index in [0.29, 0.717) is 18.8 Å². The van der Waals surface area contributed by atoms with Crippen LogP contribution in [-0.4, -0.2) is 25.3 Å². The number of ether oxygens (including phenoxy) is 2. The van der Waals surface area contributed by atoms with Gasteiger partial charge in [-0.3, -0.25) is 4.79 Å². The predicted octanol–water partition coefficient (Wildman–Crippen LogP) is 3.64. The molecule has 0 saturated carbocycles. The number of carbonyl (C=O) groups excluding carboxylic acids is 1. The number of hydrazone groups is 1. The van der Waals surface area contributed by atoms with Crippen LogP contribution >= 0.6 is 0 Å². The van der Waals surface area contributed by atoms with Gasteiger partial charge in [0.05, 0.1) is 13.3 Å². The Morgan fingerprint density at radius 2 is 1.82 bits per heavy atom. The number of hydrogen-bond donors (Lipinski definition) is 3. The molecule has 0 spiro atoms. The van der Waals surface area contributed by atoms with Gasteiger partial charge < -0.3 is 9.47 Å². The van der Waals surface area contributed by atoms with Gasteiger partial charge in [-0.15, -0.1) is 0 Å². The molecule has 7 nitrogen and oxygen atoms in total. The summed E-state index contributed by atoms with van der Waals surface area (Å²) in [6, 6.07) is 23.4.